The first kappa shape index (κ1) is 9.39. The maximum absolute atomic E-state index is 10.8. The minimum Gasteiger partial charge on any atom is -0.468 e. The van der Waals surface area contributed by atoms with Gasteiger partial charge in [0.05, 0.1) is 7.11 Å². The quantitative estimate of drug-likeness (QED) is 0.521. The summed E-state index contributed by atoms with van der Waals surface area (Å²) < 4.78 is 4.50. The molecule has 60 valence electrons. The Morgan fingerprint density at radius 3 is 2.30 bits per heavy atom. The Labute approximate surface area is 60.9 Å². The van der Waals surface area contributed by atoms with Gasteiger partial charge >= 0.3 is 5.97 Å². The molecule has 1 atom stereocenters. The number of nitrogens with two attached hydrogens (primary N) is 1. The van der Waals surface area contributed by atoms with E-state index in [-0.39, 0.29) is 12.0 Å². The summed E-state index contributed by atoms with van der Waals surface area (Å²) in [7, 11) is 4.93. The average Bonchev–Trinajstić information content (AvgIpc) is 1.88. The normalized spacial score (nSPS) is 13.3. The molecular weight excluding hydrogens is 132 g/mol. The number of esters is 1. The lowest BCUT2D eigenvalue weighted by atomic mass is 10.3. The molecule has 0 saturated carbocycles. The molecule has 2 N–H and O–H groups in total. The van der Waals surface area contributed by atoms with Crippen molar-refractivity contribution < 1.29 is 9.53 Å². The van der Waals surface area contributed by atoms with Crippen molar-refractivity contribution in [3.8, 4) is 0 Å². The van der Waals surface area contributed by atoms with Crippen LogP contribution in [0.5, 0.6) is 0 Å². The number of rotatable bonds is 3. The highest BCUT2D eigenvalue weighted by Crippen LogP contribution is 1.92. The third-order valence-electron chi connectivity index (χ3n) is 1.32. The van der Waals surface area contributed by atoms with Crippen LogP contribution in [0.3, 0.4) is 0 Å². The van der Waals surface area contributed by atoms with Crippen LogP contribution in [0, 0.1) is 0 Å². The maximum Gasteiger partial charge on any atom is 0.324 e. The van der Waals surface area contributed by atoms with Crippen LogP contribution in [0.2, 0.25) is 0 Å². The molecular formula is C6H14N2O2. The summed E-state index contributed by atoms with van der Waals surface area (Å²) in [5, 5.41) is 0. The van der Waals surface area contributed by atoms with E-state index in [1.807, 2.05) is 0 Å². The Kier molecular flexibility index (Phi) is 3.99. The van der Waals surface area contributed by atoms with Crippen molar-refractivity contribution in [3.05, 3.63) is 0 Å². The van der Waals surface area contributed by atoms with Crippen LogP contribution < -0.4 is 5.73 Å². The summed E-state index contributed by atoms with van der Waals surface area (Å²) in [5.74, 6) is -0.285. The van der Waals surface area contributed by atoms with Gasteiger partial charge in [0.2, 0.25) is 0 Å². The van der Waals surface area contributed by atoms with Crippen LogP contribution in [0.4, 0.5) is 0 Å². The van der Waals surface area contributed by atoms with Gasteiger partial charge in [-0.1, -0.05) is 0 Å². The Balaban J connectivity index is 3.93. The van der Waals surface area contributed by atoms with E-state index in [9.17, 15) is 4.79 Å². The van der Waals surface area contributed by atoms with Crippen LogP contribution in [-0.4, -0.2) is 44.7 Å². The number of hydrogen-bond acceptors (Lipinski definition) is 4. The molecule has 0 spiro atoms. The lowest BCUT2D eigenvalue weighted by Gasteiger charge is -2.19. The van der Waals surface area contributed by atoms with Gasteiger partial charge in [-0.05, 0) is 14.1 Å². The highest BCUT2D eigenvalue weighted by atomic mass is 16.5. The van der Waals surface area contributed by atoms with Crippen molar-refractivity contribution in [2.24, 2.45) is 5.73 Å². The van der Waals surface area contributed by atoms with E-state index in [0.29, 0.717) is 6.54 Å². The highest BCUT2D eigenvalue weighted by molar-refractivity contribution is 5.75. The zero-order valence-electron chi connectivity index (χ0n) is 6.63. The van der Waals surface area contributed by atoms with E-state index in [0.717, 1.165) is 0 Å². The second-order valence-electron chi connectivity index (χ2n) is 2.24. The molecule has 0 aromatic carbocycles. The van der Waals surface area contributed by atoms with Crippen molar-refractivity contribution in [2.45, 2.75) is 6.04 Å². The summed E-state index contributed by atoms with van der Waals surface area (Å²) in [6.45, 7) is 0.291. The molecule has 0 aromatic rings. The molecule has 0 bridgehead atoms. The predicted molar refractivity (Wildman–Crippen MR) is 38.5 cm³/mol. The first-order valence-corrected chi connectivity index (χ1v) is 3.07. The van der Waals surface area contributed by atoms with E-state index in [1.54, 1.807) is 19.0 Å². The lowest BCUT2D eigenvalue weighted by Crippen LogP contribution is -2.42. The number of carbonyl (C=O) groups excluding carboxylic acids is 1. The third-order valence-corrected chi connectivity index (χ3v) is 1.32. The van der Waals surface area contributed by atoms with Crippen molar-refractivity contribution in [3.63, 3.8) is 0 Å². The molecule has 4 nitrogen and oxygen atoms in total. The average molecular weight is 146 g/mol. The van der Waals surface area contributed by atoms with Crippen molar-refractivity contribution in [2.75, 3.05) is 27.7 Å². The topological polar surface area (TPSA) is 55.6 Å². The number of likely N-dealkylation sites (N-methyl/N-ethyl adjacent to an activating group) is 1. The fourth-order valence-electron chi connectivity index (χ4n) is 0.654. The third kappa shape index (κ3) is 2.33. The first-order valence-electron chi connectivity index (χ1n) is 3.07. The number of nitrogens with zero attached hydrogens (tertiary/aromatic N) is 1. The minimum atomic E-state index is -0.315. The molecule has 4 heteroatoms. The zero-order valence-corrected chi connectivity index (χ0v) is 6.63. The van der Waals surface area contributed by atoms with Gasteiger partial charge in [0, 0.05) is 6.54 Å². The molecule has 0 aliphatic rings. The zero-order chi connectivity index (χ0) is 8.15. The number of carbonyl (C=O) groups is 1. The van der Waals surface area contributed by atoms with Gasteiger partial charge < -0.3 is 10.5 Å². The van der Waals surface area contributed by atoms with Gasteiger partial charge in [0.15, 0.2) is 0 Å². The minimum absolute atomic E-state index is 0.285. The molecule has 0 saturated heterocycles. The first-order chi connectivity index (χ1) is 4.63. The molecule has 0 amide bonds. The van der Waals surface area contributed by atoms with Crippen LogP contribution in [-0.2, 0) is 9.53 Å². The molecule has 0 rings (SSSR count). The largest absolute Gasteiger partial charge is 0.468 e. The fourth-order valence-corrected chi connectivity index (χ4v) is 0.654. The van der Waals surface area contributed by atoms with E-state index >= 15 is 0 Å². The smallest absolute Gasteiger partial charge is 0.324 e. The Morgan fingerprint density at radius 1 is 1.70 bits per heavy atom. The standard InChI is InChI=1S/C6H14N2O2/c1-8(2)5(4-7)6(9)10-3/h5H,4,7H2,1-3H3. The van der Waals surface area contributed by atoms with Gasteiger partial charge in [-0.15, -0.1) is 0 Å². The summed E-state index contributed by atoms with van der Waals surface area (Å²) in [6, 6.07) is -0.315. The molecule has 1 unspecified atom stereocenters. The van der Waals surface area contributed by atoms with Crippen LogP contribution >= 0.6 is 0 Å². The van der Waals surface area contributed by atoms with Crippen molar-refractivity contribution in [1.82, 2.24) is 4.90 Å². The van der Waals surface area contributed by atoms with E-state index in [4.69, 9.17) is 5.73 Å². The number of hydrogen-bond donors (Lipinski definition) is 1. The van der Waals surface area contributed by atoms with Crippen molar-refractivity contribution >= 4 is 5.97 Å². The highest BCUT2D eigenvalue weighted by Gasteiger charge is 2.18. The molecule has 0 radical (unpaired) electrons. The summed E-state index contributed by atoms with van der Waals surface area (Å²) in [6.07, 6.45) is 0. The molecule has 0 aromatic heterocycles. The molecule has 0 aliphatic heterocycles. The number of ether oxygens (including phenoxy) is 1. The molecule has 0 fully saturated rings. The lowest BCUT2D eigenvalue weighted by molar-refractivity contribution is -0.145. The molecule has 0 heterocycles. The van der Waals surface area contributed by atoms with E-state index in [2.05, 4.69) is 4.74 Å². The summed E-state index contributed by atoms with van der Waals surface area (Å²) in [5.41, 5.74) is 5.31. The monoisotopic (exact) mass is 146 g/mol. The second-order valence-corrected chi connectivity index (χ2v) is 2.24. The van der Waals surface area contributed by atoms with Gasteiger partial charge in [-0.2, -0.15) is 0 Å². The Morgan fingerprint density at radius 2 is 2.20 bits per heavy atom. The van der Waals surface area contributed by atoms with Gasteiger partial charge in [0.25, 0.3) is 0 Å². The molecule has 0 aliphatic carbocycles. The van der Waals surface area contributed by atoms with Crippen LogP contribution in [0.15, 0.2) is 0 Å². The van der Waals surface area contributed by atoms with Gasteiger partial charge in [-0.3, -0.25) is 9.69 Å². The van der Waals surface area contributed by atoms with Crippen LogP contribution in [0.25, 0.3) is 0 Å². The second kappa shape index (κ2) is 4.24. The summed E-state index contributed by atoms with van der Waals surface area (Å²) >= 11 is 0. The fraction of sp³-hybridized carbons (Fsp3) is 0.833. The van der Waals surface area contributed by atoms with Crippen molar-refractivity contribution in [1.29, 1.82) is 0 Å². The van der Waals surface area contributed by atoms with Gasteiger partial charge in [0.1, 0.15) is 6.04 Å². The van der Waals surface area contributed by atoms with E-state index < -0.39 is 0 Å². The Hall–Kier alpha value is -0.610. The maximum atomic E-state index is 10.8. The molecule has 10 heavy (non-hydrogen) atoms. The van der Waals surface area contributed by atoms with Crippen LogP contribution in [0.1, 0.15) is 0 Å². The summed E-state index contributed by atoms with van der Waals surface area (Å²) in [4.78, 5) is 12.6. The SMILES string of the molecule is COC(=O)C(CN)N(C)C. The predicted octanol–water partition coefficient (Wildman–Crippen LogP) is -0.952. The Bertz CT molecular complexity index is 114. The van der Waals surface area contributed by atoms with Gasteiger partial charge in [-0.25, -0.2) is 0 Å². The van der Waals surface area contributed by atoms with E-state index in [1.165, 1.54) is 7.11 Å². The number of methoxy groups -OCH3 is 1.